The summed E-state index contributed by atoms with van der Waals surface area (Å²) >= 11 is 0. The monoisotopic (exact) mass is 284 g/mol. The van der Waals surface area contributed by atoms with Crippen LogP contribution in [0.1, 0.15) is 52.9 Å². The minimum atomic E-state index is -1.68. The molecule has 0 aromatic heterocycles. The van der Waals surface area contributed by atoms with Crippen LogP contribution in [0.25, 0.3) is 0 Å². The molecule has 1 fully saturated rings. The van der Waals surface area contributed by atoms with E-state index in [1.54, 1.807) is 0 Å². The summed E-state index contributed by atoms with van der Waals surface area (Å²) in [5.41, 5.74) is 0. The van der Waals surface area contributed by atoms with Crippen molar-refractivity contribution in [2.45, 2.75) is 83.2 Å². The maximum absolute atomic E-state index is 6.57. The molecule has 1 heterocycles. The van der Waals surface area contributed by atoms with Crippen LogP contribution in [-0.2, 0) is 9.16 Å². The molecule has 1 aliphatic rings. The maximum Gasteiger partial charge on any atom is 0.192 e. The average molecular weight is 285 g/mol. The Balaban J connectivity index is 2.59. The van der Waals surface area contributed by atoms with Crippen molar-refractivity contribution >= 4 is 8.32 Å². The zero-order chi connectivity index (χ0) is 14.5. The predicted molar refractivity (Wildman–Crippen MR) is 85.1 cm³/mol. The lowest BCUT2D eigenvalue weighted by Crippen LogP contribution is -2.49. The molecule has 0 unspecified atom stereocenters. The Morgan fingerprint density at radius 2 is 2.05 bits per heavy atom. The van der Waals surface area contributed by atoms with Gasteiger partial charge in [0.05, 0.1) is 12.2 Å². The van der Waals surface area contributed by atoms with Crippen molar-refractivity contribution in [1.82, 2.24) is 0 Å². The van der Waals surface area contributed by atoms with Gasteiger partial charge in [-0.2, -0.15) is 0 Å². The summed E-state index contributed by atoms with van der Waals surface area (Å²) in [7, 11) is -1.68. The molecule has 19 heavy (non-hydrogen) atoms. The second kappa shape index (κ2) is 7.05. The topological polar surface area (TPSA) is 18.5 Å². The van der Waals surface area contributed by atoms with Crippen molar-refractivity contribution in [2.24, 2.45) is 0 Å². The lowest BCUT2D eigenvalue weighted by Gasteiger charge is -2.43. The highest BCUT2D eigenvalue weighted by Gasteiger charge is 2.41. The van der Waals surface area contributed by atoms with E-state index >= 15 is 0 Å². The fraction of sp³-hybridized carbons (Fsp3) is 0.875. The third-order valence-electron chi connectivity index (χ3n) is 4.53. The van der Waals surface area contributed by atoms with E-state index in [1.807, 2.05) is 6.08 Å². The molecule has 1 rings (SSSR count). The molecule has 1 aliphatic heterocycles. The molecule has 3 heteroatoms. The van der Waals surface area contributed by atoms with E-state index in [0.717, 1.165) is 38.7 Å². The number of ether oxygens (including phenoxy) is 1. The van der Waals surface area contributed by atoms with Gasteiger partial charge in [0.1, 0.15) is 0 Å². The smallest absolute Gasteiger partial charge is 0.192 e. The SMILES string of the molecule is C=CCCC[C@H]1OCCC[C@@H]1O[Si](C)(C)C(C)(C)C. The Bertz CT molecular complexity index is 281. The summed E-state index contributed by atoms with van der Waals surface area (Å²) in [6, 6.07) is 0. The van der Waals surface area contributed by atoms with Gasteiger partial charge >= 0.3 is 0 Å². The van der Waals surface area contributed by atoms with Gasteiger partial charge in [0, 0.05) is 6.61 Å². The maximum atomic E-state index is 6.57. The number of hydrogen-bond acceptors (Lipinski definition) is 2. The summed E-state index contributed by atoms with van der Waals surface area (Å²) in [4.78, 5) is 0. The van der Waals surface area contributed by atoms with Crippen LogP contribution >= 0.6 is 0 Å². The molecule has 1 saturated heterocycles. The molecule has 0 aliphatic carbocycles. The highest BCUT2D eigenvalue weighted by atomic mass is 28.4. The first kappa shape index (κ1) is 16.9. The molecular formula is C16H32O2Si. The summed E-state index contributed by atoms with van der Waals surface area (Å²) in [5.74, 6) is 0. The van der Waals surface area contributed by atoms with Gasteiger partial charge in [0.15, 0.2) is 8.32 Å². The molecule has 0 bridgehead atoms. The first-order valence-corrected chi connectivity index (χ1v) is 10.6. The van der Waals surface area contributed by atoms with E-state index in [4.69, 9.17) is 9.16 Å². The summed E-state index contributed by atoms with van der Waals surface area (Å²) in [5, 5.41) is 0.274. The standard InChI is InChI=1S/C16H32O2Si/c1-7-8-9-11-14-15(12-10-13-17-14)18-19(5,6)16(2,3)4/h7,14-15H,1,8-13H2,2-6H3/t14-,15+/m1/s1. The first-order chi connectivity index (χ1) is 8.78. The molecule has 0 amide bonds. The van der Waals surface area contributed by atoms with Crippen molar-refractivity contribution in [1.29, 1.82) is 0 Å². The van der Waals surface area contributed by atoms with Crippen molar-refractivity contribution in [3.8, 4) is 0 Å². The quantitative estimate of drug-likeness (QED) is 0.392. The third-order valence-corrected chi connectivity index (χ3v) is 9.03. The van der Waals surface area contributed by atoms with Gasteiger partial charge in [-0.25, -0.2) is 0 Å². The zero-order valence-corrected chi connectivity index (χ0v) is 14.5. The van der Waals surface area contributed by atoms with Crippen LogP contribution in [0.2, 0.25) is 18.1 Å². The van der Waals surface area contributed by atoms with E-state index in [9.17, 15) is 0 Å². The average Bonchev–Trinajstić information content (AvgIpc) is 2.30. The van der Waals surface area contributed by atoms with Crippen molar-refractivity contribution < 1.29 is 9.16 Å². The summed E-state index contributed by atoms with van der Waals surface area (Å²) < 4.78 is 12.5. The molecule has 0 spiro atoms. The molecule has 2 atom stereocenters. The number of allylic oxidation sites excluding steroid dienone is 1. The molecule has 0 saturated carbocycles. The van der Waals surface area contributed by atoms with E-state index in [2.05, 4.69) is 40.4 Å². The van der Waals surface area contributed by atoms with Crippen molar-refractivity contribution in [2.75, 3.05) is 6.61 Å². The number of unbranched alkanes of at least 4 members (excludes halogenated alkanes) is 1. The Hall–Kier alpha value is -0.123. The molecule has 2 nitrogen and oxygen atoms in total. The van der Waals surface area contributed by atoms with Gasteiger partial charge in [-0.05, 0) is 50.2 Å². The van der Waals surface area contributed by atoms with Crippen LogP contribution in [-0.4, -0.2) is 27.1 Å². The van der Waals surface area contributed by atoms with Crippen molar-refractivity contribution in [3.63, 3.8) is 0 Å². The van der Waals surface area contributed by atoms with Crippen LogP contribution in [0.3, 0.4) is 0 Å². The Morgan fingerprint density at radius 1 is 1.37 bits per heavy atom. The molecule has 0 aromatic rings. The van der Waals surface area contributed by atoms with E-state index in [-0.39, 0.29) is 5.04 Å². The van der Waals surface area contributed by atoms with Gasteiger partial charge in [-0.15, -0.1) is 6.58 Å². The Labute approximate surface area is 120 Å². The van der Waals surface area contributed by atoms with Gasteiger partial charge in [-0.1, -0.05) is 26.8 Å². The van der Waals surface area contributed by atoms with Crippen molar-refractivity contribution in [3.05, 3.63) is 12.7 Å². The normalized spacial score (nSPS) is 25.3. The first-order valence-electron chi connectivity index (χ1n) is 7.68. The molecule has 0 N–H and O–H groups in total. The number of rotatable bonds is 6. The lowest BCUT2D eigenvalue weighted by atomic mass is 10.0. The lowest BCUT2D eigenvalue weighted by molar-refractivity contribution is -0.0713. The molecular weight excluding hydrogens is 252 g/mol. The summed E-state index contributed by atoms with van der Waals surface area (Å²) in [6.45, 7) is 16.3. The highest BCUT2D eigenvalue weighted by molar-refractivity contribution is 6.74. The molecule has 0 aromatic carbocycles. The number of hydrogen-bond donors (Lipinski definition) is 0. The van der Waals surface area contributed by atoms with Gasteiger partial charge < -0.3 is 9.16 Å². The minimum Gasteiger partial charge on any atom is -0.411 e. The molecule has 0 radical (unpaired) electrons. The van der Waals surface area contributed by atoms with Crippen LogP contribution < -0.4 is 0 Å². The second-order valence-electron chi connectivity index (χ2n) is 7.19. The summed E-state index contributed by atoms with van der Waals surface area (Å²) in [6.07, 6.45) is 8.22. The minimum absolute atomic E-state index is 0.274. The van der Waals surface area contributed by atoms with Crippen LogP contribution in [0, 0.1) is 0 Å². The van der Waals surface area contributed by atoms with Crippen LogP contribution in [0.4, 0.5) is 0 Å². The zero-order valence-electron chi connectivity index (χ0n) is 13.5. The van der Waals surface area contributed by atoms with Crippen LogP contribution in [0.5, 0.6) is 0 Å². The largest absolute Gasteiger partial charge is 0.411 e. The Kier molecular flexibility index (Phi) is 6.28. The van der Waals surface area contributed by atoms with Crippen LogP contribution in [0.15, 0.2) is 12.7 Å². The predicted octanol–water partition coefficient (Wildman–Crippen LogP) is 4.91. The van der Waals surface area contributed by atoms with Gasteiger partial charge in [-0.3, -0.25) is 0 Å². The van der Waals surface area contributed by atoms with E-state index in [1.165, 1.54) is 0 Å². The van der Waals surface area contributed by atoms with Gasteiger partial charge in [0.2, 0.25) is 0 Å². The van der Waals surface area contributed by atoms with E-state index in [0.29, 0.717) is 12.2 Å². The van der Waals surface area contributed by atoms with Gasteiger partial charge in [0.25, 0.3) is 0 Å². The fourth-order valence-electron chi connectivity index (χ4n) is 2.24. The fourth-order valence-corrected chi connectivity index (χ4v) is 3.62. The molecule has 112 valence electrons. The van der Waals surface area contributed by atoms with E-state index < -0.39 is 8.32 Å². The highest BCUT2D eigenvalue weighted by Crippen LogP contribution is 2.39. The second-order valence-corrected chi connectivity index (χ2v) is 11.9. The third kappa shape index (κ3) is 5.05. The Morgan fingerprint density at radius 3 is 2.63 bits per heavy atom.